The highest BCUT2D eigenvalue weighted by molar-refractivity contribution is 6.32. The van der Waals surface area contributed by atoms with Gasteiger partial charge < -0.3 is 4.74 Å². The second-order valence-electron chi connectivity index (χ2n) is 4.35. The van der Waals surface area contributed by atoms with Crippen LogP contribution >= 0.6 is 11.6 Å². The Hall–Kier alpha value is -2.40. The van der Waals surface area contributed by atoms with Gasteiger partial charge in [0.05, 0.1) is 11.6 Å². The zero-order valence-electron chi connectivity index (χ0n) is 11.2. The molecule has 0 fully saturated rings. The van der Waals surface area contributed by atoms with Crippen molar-refractivity contribution in [3.8, 4) is 17.1 Å². The predicted molar refractivity (Wildman–Crippen MR) is 80.2 cm³/mol. The molecule has 0 radical (unpaired) electrons. The van der Waals surface area contributed by atoms with Crippen molar-refractivity contribution in [2.24, 2.45) is 0 Å². The zero-order chi connectivity index (χ0) is 14.5. The number of ether oxygens (including phenoxy) is 1. The van der Waals surface area contributed by atoms with Gasteiger partial charge in [0.2, 0.25) is 5.82 Å². The first-order chi connectivity index (χ1) is 10.3. The summed E-state index contributed by atoms with van der Waals surface area (Å²) < 4.78 is 5.60. The molecular weight excluding hydrogens is 288 g/mol. The topological polar surface area (TPSA) is 52.8 Å². The largest absolute Gasteiger partial charge is 0.490 e. The summed E-state index contributed by atoms with van der Waals surface area (Å²) in [5.74, 6) is 1.26. The van der Waals surface area contributed by atoms with E-state index >= 15 is 0 Å². The zero-order valence-corrected chi connectivity index (χ0v) is 11.9. The second kappa shape index (κ2) is 6.37. The summed E-state index contributed by atoms with van der Waals surface area (Å²) in [6, 6.07) is 17.1. The SMILES string of the molecule is Clc1ccccc1OCCn1nnc(-c2ccccc2)n1. The summed E-state index contributed by atoms with van der Waals surface area (Å²) in [5, 5.41) is 12.9. The molecule has 106 valence electrons. The van der Waals surface area contributed by atoms with E-state index in [1.54, 1.807) is 6.07 Å². The number of rotatable bonds is 5. The molecule has 5 nitrogen and oxygen atoms in total. The first-order valence-electron chi connectivity index (χ1n) is 6.53. The van der Waals surface area contributed by atoms with Gasteiger partial charge in [-0.3, -0.25) is 0 Å². The van der Waals surface area contributed by atoms with Gasteiger partial charge in [0.15, 0.2) is 0 Å². The first kappa shape index (κ1) is 13.6. The van der Waals surface area contributed by atoms with Gasteiger partial charge in [-0.25, -0.2) is 0 Å². The third-order valence-electron chi connectivity index (χ3n) is 2.87. The smallest absolute Gasteiger partial charge is 0.204 e. The molecular formula is C15H13ClN4O. The molecule has 0 aliphatic rings. The Morgan fingerprint density at radius 1 is 1.00 bits per heavy atom. The molecule has 2 aromatic carbocycles. The number of halogens is 1. The molecule has 0 aliphatic carbocycles. The van der Waals surface area contributed by atoms with Gasteiger partial charge in [-0.15, -0.1) is 10.2 Å². The highest BCUT2D eigenvalue weighted by Crippen LogP contribution is 2.22. The number of benzene rings is 2. The summed E-state index contributed by atoms with van der Waals surface area (Å²) in [4.78, 5) is 1.51. The summed E-state index contributed by atoms with van der Waals surface area (Å²) in [6.45, 7) is 0.930. The quantitative estimate of drug-likeness (QED) is 0.726. The maximum absolute atomic E-state index is 6.01. The number of nitrogens with zero attached hydrogens (tertiary/aromatic N) is 4. The minimum Gasteiger partial charge on any atom is -0.490 e. The van der Waals surface area contributed by atoms with Crippen LogP contribution in [0.5, 0.6) is 5.75 Å². The standard InChI is InChI=1S/C15H13ClN4O/c16-13-8-4-5-9-14(13)21-11-10-20-18-15(17-19-20)12-6-2-1-3-7-12/h1-9H,10-11H2. The van der Waals surface area contributed by atoms with E-state index in [0.717, 1.165) is 5.56 Å². The first-order valence-corrected chi connectivity index (χ1v) is 6.91. The van der Waals surface area contributed by atoms with Gasteiger partial charge in [0, 0.05) is 5.56 Å². The van der Waals surface area contributed by atoms with Crippen molar-refractivity contribution in [1.29, 1.82) is 0 Å². The lowest BCUT2D eigenvalue weighted by Gasteiger charge is -2.06. The summed E-state index contributed by atoms with van der Waals surface area (Å²) in [6.07, 6.45) is 0. The van der Waals surface area contributed by atoms with Crippen LogP contribution in [0.2, 0.25) is 5.02 Å². The average Bonchev–Trinajstić information content (AvgIpc) is 2.99. The molecule has 3 rings (SSSR count). The van der Waals surface area contributed by atoms with E-state index in [2.05, 4.69) is 15.4 Å². The van der Waals surface area contributed by atoms with Crippen LogP contribution in [0.25, 0.3) is 11.4 Å². The van der Waals surface area contributed by atoms with Crippen LogP contribution in [-0.2, 0) is 6.54 Å². The van der Waals surface area contributed by atoms with Crippen LogP contribution in [0.1, 0.15) is 0 Å². The molecule has 0 amide bonds. The summed E-state index contributed by atoms with van der Waals surface area (Å²) >= 11 is 6.01. The lowest BCUT2D eigenvalue weighted by Crippen LogP contribution is -2.11. The molecule has 0 aliphatic heterocycles. The molecule has 1 aromatic heterocycles. The highest BCUT2D eigenvalue weighted by atomic mass is 35.5. The highest BCUT2D eigenvalue weighted by Gasteiger charge is 2.05. The van der Waals surface area contributed by atoms with Gasteiger partial charge in [-0.05, 0) is 17.3 Å². The Kier molecular flexibility index (Phi) is 4.12. The van der Waals surface area contributed by atoms with E-state index in [1.807, 2.05) is 48.5 Å². The maximum atomic E-state index is 6.01. The fourth-order valence-electron chi connectivity index (χ4n) is 1.84. The van der Waals surface area contributed by atoms with E-state index in [1.165, 1.54) is 4.80 Å². The maximum Gasteiger partial charge on any atom is 0.204 e. The van der Waals surface area contributed by atoms with Gasteiger partial charge in [0.25, 0.3) is 0 Å². The van der Waals surface area contributed by atoms with Crippen molar-refractivity contribution in [3.63, 3.8) is 0 Å². The molecule has 0 atom stereocenters. The molecule has 1 heterocycles. The van der Waals surface area contributed by atoms with Crippen LogP contribution in [0.4, 0.5) is 0 Å². The monoisotopic (exact) mass is 300 g/mol. The van der Waals surface area contributed by atoms with Crippen LogP contribution in [0, 0.1) is 0 Å². The summed E-state index contributed by atoms with van der Waals surface area (Å²) in [7, 11) is 0. The van der Waals surface area contributed by atoms with Crippen LogP contribution in [-0.4, -0.2) is 26.8 Å². The number of tetrazole rings is 1. The van der Waals surface area contributed by atoms with E-state index in [0.29, 0.717) is 29.7 Å². The Balaban J connectivity index is 1.60. The molecule has 0 spiro atoms. The normalized spacial score (nSPS) is 10.5. The van der Waals surface area contributed by atoms with Crippen LogP contribution in [0.3, 0.4) is 0 Å². The lowest BCUT2D eigenvalue weighted by molar-refractivity contribution is 0.280. The Bertz CT molecular complexity index is 714. The molecule has 3 aromatic rings. The fourth-order valence-corrected chi connectivity index (χ4v) is 2.03. The third kappa shape index (κ3) is 3.38. The molecule has 0 bridgehead atoms. The minimum absolute atomic E-state index is 0.425. The van der Waals surface area contributed by atoms with Crippen molar-refractivity contribution in [3.05, 3.63) is 59.6 Å². The molecule has 0 N–H and O–H groups in total. The Morgan fingerprint density at radius 2 is 1.76 bits per heavy atom. The number of hydrogen-bond donors (Lipinski definition) is 0. The molecule has 0 saturated carbocycles. The number of para-hydroxylation sites is 1. The van der Waals surface area contributed by atoms with E-state index < -0.39 is 0 Å². The van der Waals surface area contributed by atoms with Gasteiger partial charge in [-0.2, -0.15) is 4.80 Å². The van der Waals surface area contributed by atoms with Gasteiger partial charge >= 0.3 is 0 Å². The van der Waals surface area contributed by atoms with Gasteiger partial charge in [0.1, 0.15) is 12.4 Å². The Labute approximate surface area is 127 Å². The van der Waals surface area contributed by atoms with E-state index in [-0.39, 0.29) is 0 Å². The van der Waals surface area contributed by atoms with Crippen molar-refractivity contribution in [2.45, 2.75) is 6.54 Å². The number of aromatic nitrogens is 4. The van der Waals surface area contributed by atoms with Crippen LogP contribution in [0.15, 0.2) is 54.6 Å². The predicted octanol–water partition coefficient (Wildman–Crippen LogP) is 3.07. The van der Waals surface area contributed by atoms with E-state index in [9.17, 15) is 0 Å². The summed E-state index contributed by atoms with van der Waals surface area (Å²) in [5.41, 5.74) is 0.941. The van der Waals surface area contributed by atoms with Crippen molar-refractivity contribution in [1.82, 2.24) is 20.2 Å². The molecule has 21 heavy (non-hydrogen) atoms. The van der Waals surface area contributed by atoms with Crippen molar-refractivity contribution in [2.75, 3.05) is 6.61 Å². The average molecular weight is 301 g/mol. The van der Waals surface area contributed by atoms with Crippen molar-refractivity contribution < 1.29 is 4.74 Å². The molecule has 6 heteroatoms. The Morgan fingerprint density at radius 3 is 2.57 bits per heavy atom. The van der Waals surface area contributed by atoms with E-state index in [4.69, 9.17) is 16.3 Å². The van der Waals surface area contributed by atoms with Crippen molar-refractivity contribution >= 4 is 11.6 Å². The van der Waals surface area contributed by atoms with Gasteiger partial charge in [-0.1, -0.05) is 54.1 Å². The minimum atomic E-state index is 0.425. The lowest BCUT2D eigenvalue weighted by atomic mass is 10.2. The second-order valence-corrected chi connectivity index (χ2v) is 4.76. The van der Waals surface area contributed by atoms with Crippen LogP contribution < -0.4 is 4.74 Å². The molecule has 0 unspecified atom stereocenters. The fraction of sp³-hybridized carbons (Fsp3) is 0.133. The molecule has 0 saturated heterocycles. The third-order valence-corrected chi connectivity index (χ3v) is 3.18. The number of hydrogen-bond acceptors (Lipinski definition) is 4.